The SMILES string of the molecule is NCC1(c2cc3c(c(Br)c2O)OCO3)CCC1. The Kier molecular flexibility index (Phi) is 2.48. The number of nitrogens with two attached hydrogens (primary N) is 1. The van der Waals surface area contributed by atoms with Crippen LogP contribution in [0.1, 0.15) is 24.8 Å². The largest absolute Gasteiger partial charge is 0.506 e. The summed E-state index contributed by atoms with van der Waals surface area (Å²) in [6.07, 6.45) is 3.19. The molecule has 0 aromatic heterocycles. The Bertz CT molecular complexity index is 466. The smallest absolute Gasteiger partial charge is 0.231 e. The summed E-state index contributed by atoms with van der Waals surface area (Å²) in [7, 11) is 0. The van der Waals surface area contributed by atoms with E-state index in [0.717, 1.165) is 24.8 Å². The van der Waals surface area contributed by atoms with Gasteiger partial charge in [-0.2, -0.15) is 0 Å². The zero-order valence-corrected chi connectivity index (χ0v) is 10.9. The van der Waals surface area contributed by atoms with Crippen LogP contribution >= 0.6 is 15.9 Å². The summed E-state index contributed by atoms with van der Waals surface area (Å²) in [5.41, 5.74) is 6.65. The Morgan fingerprint density at radius 1 is 1.41 bits per heavy atom. The Labute approximate surface area is 108 Å². The molecule has 17 heavy (non-hydrogen) atoms. The predicted molar refractivity (Wildman–Crippen MR) is 66.5 cm³/mol. The first-order chi connectivity index (χ1) is 8.18. The topological polar surface area (TPSA) is 64.7 Å². The molecule has 0 amide bonds. The number of hydrogen-bond donors (Lipinski definition) is 2. The van der Waals surface area contributed by atoms with E-state index < -0.39 is 0 Å². The highest BCUT2D eigenvalue weighted by Gasteiger charge is 2.41. The number of phenols is 1. The zero-order valence-electron chi connectivity index (χ0n) is 9.33. The van der Waals surface area contributed by atoms with Gasteiger partial charge in [0.05, 0.1) is 0 Å². The molecule has 1 heterocycles. The summed E-state index contributed by atoms with van der Waals surface area (Å²) in [6, 6.07) is 1.87. The Hall–Kier alpha value is -0.940. The molecule has 0 spiro atoms. The highest BCUT2D eigenvalue weighted by atomic mass is 79.9. The van der Waals surface area contributed by atoms with Crippen LogP contribution in [0, 0.1) is 0 Å². The molecule has 4 nitrogen and oxygen atoms in total. The minimum absolute atomic E-state index is 0.0897. The Balaban J connectivity index is 2.14. The molecular formula is C12H14BrNO3. The van der Waals surface area contributed by atoms with Crippen LogP contribution in [0.5, 0.6) is 17.2 Å². The van der Waals surface area contributed by atoms with Crippen molar-refractivity contribution in [1.29, 1.82) is 0 Å². The van der Waals surface area contributed by atoms with Crippen molar-refractivity contribution in [2.75, 3.05) is 13.3 Å². The number of benzene rings is 1. The minimum atomic E-state index is -0.0897. The summed E-state index contributed by atoms with van der Waals surface area (Å²) in [4.78, 5) is 0. The van der Waals surface area contributed by atoms with Gasteiger partial charge in [-0.25, -0.2) is 0 Å². The molecule has 0 unspecified atom stereocenters. The fourth-order valence-corrected chi connectivity index (χ4v) is 3.11. The predicted octanol–water partition coefficient (Wildman–Crippen LogP) is 2.26. The van der Waals surface area contributed by atoms with Crippen LogP contribution < -0.4 is 15.2 Å². The van der Waals surface area contributed by atoms with Crippen LogP contribution in [0.25, 0.3) is 0 Å². The van der Waals surface area contributed by atoms with Gasteiger partial charge in [0.25, 0.3) is 0 Å². The van der Waals surface area contributed by atoms with Crippen LogP contribution in [0.4, 0.5) is 0 Å². The van der Waals surface area contributed by atoms with Crippen molar-refractivity contribution < 1.29 is 14.6 Å². The summed E-state index contributed by atoms with van der Waals surface area (Å²) >= 11 is 3.36. The van der Waals surface area contributed by atoms with Gasteiger partial charge in [0.2, 0.25) is 6.79 Å². The molecule has 0 radical (unpaired) electrons. The second-order valence-electron chi connectivity index (χ2n) is 4.66. The average Bonchev–Trinajstić information content (AvgIpc) is 2.72. The maximum Gasteiger partial charge on any atom is 0.231 e. The lowest BCUT2D eigenvalue weighted by Crippen LogP contribution is -2.41. The van der Waals surface area contributed by atoms with Crippen LogP contribution in [0.15, 0.2) is 10.5 Å². The standard InChI is InChI=1S/C12H14BrNO3/c13-9-10(15)7(12(5-14)2-1-3-12)4-8-11(9)17-6-16-8/h4,15H,1-3,5-6,14H2. The number of rotatable bonds is 2. The van der Waals surface area contributed by atoms with Gasteiger partial charge in [-0.1, -0.05) is 6.42 Å². The second kappa shape index (κ2) is 3.78. The lowest BCUT2D eigenvalue weighted by atomic mass is 9.64. The molecule has 1 aromatic carbocycles. The van der Waals surface area contributed by atoms with E-state index in [0.29, 0.717) is 22.5 Å². The molecule has 3 N–H and O–H groups in total. The van der Waals surface area contributed by atoms with Gasteiger partial charge < -0.3 is 20.3 Å². The van der Waals surface area contributed by atoms with Crippen LogP contribution in [-0.4, -0.2) is 18.4 Å². The molecule has 3 rings (SSSR count). The van der Waals surface area contributed by atoms with Crippen LogP contribution in [0.3, 0.4) is 0 Å². The van der Waals surface area contributed by atoms with Gasteiger partial charge in [-0.15, -0.1) is 0 Å². The lowest BCUT2D eigenvalue weighted by Gasteiger charge is -2.41. The maximum absolute atomic E-state index is 10.3. The number of phenolic OH excluding ortho intramolecular Hbond substituents is 1. The molecule has 0 atom stereocenters. The third-order valence-electron chi connectivity index (χ3n) is 3.85. The van der Waals surface area contributed by atoms with Gasteiger partial charge in [0.1, 0.15) is 10.2 Å². The molecule has 1 aliphatic heterocycles. The quantitative estimate of drug-likeness (QED) is 0.879. The minimum Gasteiger partial charge on any atom is -0.506 e. The Morgan fingerprint density at radius 2 is 2.18 bits per heavy atom. The zero-order chi connectivity index (χ0) is 12.0. The molecule has 2 aliphatic rings. The molecule has 1 aliphatic carbocycles. The summed E-state index contributed by atoms with van der Waals surface area (Å²) in [5, 5.41) is 10.3. The van der Waals surface area contributed by atoms with E-state index in [1.165, 1.54) is 0 Å². The van der Waals surface area contributed by atoms with Gasteiger partial charge in [0, 0.05) is 17.5 Å². The fraction of sp³-hybridized carbons (Fsp3) is 0.500. The van der Waals surface area contributed by atoms with Gasteiger partial charge >= 0.3 is 0 Å². The Morgan fingerprint density at radius 3 is 2.76 bits per heavy atom. The molecule has 5 heteroatoms. The number of hydrogen-bond acceptors (Lipinski definition) is 4. The van der Waals surface area contributed by atoms with E-state index in [9.17, 15) is 5.11 Å². The van der Waals surface area contributed by atoms with Crippen molar-refractivity contribution >= 4 is 15.9 Å². The number of halogens is 1. The summed E-state index contributed by atoms with van der Waals surface area (Å²) < 4.78 is 11.3. The van der Waals surface area contributed by atoms with Crippen molar-refractivity contribution in [2.45, 2.75) is 24.7 Å². The molecule has 92 valence electrons. The van der Waals surface area contributed by atoms with Gasteiger partial charge in [-0.3, -0.25) is 0 Å². The first-order valence-electron chi connectivity index (χ1n) is 5.69. The molecule has 0 saturated heterocycles. The summed E-state index contributed by atoms with van der Waals surface area (Å²) in [5.74, 6) is 1.50. The van der Waals surface area contributed by atoms with E-state index in [1.807, 2.05) is 6.07 Å². The molecule has 1 fully saturated rings. The van der Waals surface area contributed by atoms with Crippen LogP contribution in [0.2, 0.25) is 0 Å². The normalized spacial score (nSPS) is 20.1. The highest BCUT2D eigenvalue weighted by Crippen LogP contribution is 2.53. The van der Waals surface area contributed by atoms with Crippen molar-refractivity contribution in [1.82, 2.24) is 0 Å². The van der Waals surface area contributed by atoms with Gasteiger partial charge in [-0.05, 0) is 34.8 Å². The third-order valence-corrected chi connectivity index (χ3v) is 4.59. The van der Waals surface area contributed by atoms with E-state index >= 15 is 0 Å². The lowest BCUT2D eigenvalue weighted by molar-refractivity contribution is 0.173. The average molecular weight is 300 g/mol. The van der Waals surface area contributed by atoms with E-state index in [1.54, 1.807) is 0 Å². The molecule has 0 bridgehead atoms. The molecule has 1 saturated carbocycles. The maximum atomic E-state index is 10.3. The monoisotopic (exact) mass is 299 g/mol. The van der Waals surface area contributed by atoms with E-state index in [2.05, 4.69) is 15.9 Å². The molecular weight excluding hydrogens is 286 g/mol. The van der Waals surface area contributed by atoms with Crippen molar-refractivity contribution in [3.63, 3.8) is 0 Å². The van der Waals surface area contributed by atoms with Crippen molar-refractivity contribution in [2.24, 2.45) is 5.73 Å². The second-order valence-corrected chi connectivity index (χ2v) is 5.45. The third kappa shape index (κ3) is 1.45. The molecule has 1 aromatic rings. The van der Waals surface area contributed by atoms with Crippen molar-refractivity contribution in [3.8, 4) is 17.2 Å². The first-order valence-corrected chi connectivity index (χ1v) is 6.49. The van der Waals surface area contributed by atoms with E-state index in [-0.39, 0.29) is 18.0 Å². The van der Waals surface area contributed by atoms with Gasteiger partial charge in [0.15, 0.2) is 11.5 Å². The summed E-state index contributed by atoms with van der Waals surface area (Å²) in [6.45, 7) is 0.749. The van der Waals surface area contributed by atoms with Crippen LogP contribution in [-0.2, 0) is 5.41 Å². The number of aromatic hydroxyl groups is 1. The first kappa shape index (κ1) is 11.2. The number of fused-ring (bicyclic) bond motifs is 1. The van der Waals surface area contributed by atoms with Crippen molar-refractivity contribution in [3.05, 3.63) is 16.1 Å². The highest BCUT2D eigenvalue weighted by molar-refractivity contribution is 9.10. The fourth-order valence-electron chi connectivity index (χ4n) is 2.58. The van der Waals surface area contributed by atoms with E-state index in [4.69, 9.17) is 15.2 Å². The number of ether oxygens (including phenoxy) is 2.